The molecule has 19 heavy (non-hydrogen) atoms. The number of nitrogens with zero attached hydrogens (tertiary/aromatic N) is 1. The summed E-state index contributed by atoms with van der Waals surface area (Å²) in [6.45, 7) is -0.437. The molecule has 0 radical (unpaired) electrons. The molecule has 3 N–H and O–H groups in total. The normalized spacial score (nSPS) is 18.4. The standard InChI is InChI=1S/C12H13ClN2O4/c13-8-5-7(9-2-4-11(16)15-14-9)1-3-10(8)19-6-12(17)18/h1,3,5,11,15-16H,2,4,6H2,(H,17,18). The first-order chi connectivity index (χ1) is 9.06. The van der Waals surface area contributed by atoms with Crippen LogP contribution in [0.1, 0.15) is 18.4 Å². The molecule has 7 heteroatoms. The van der Waals surface area contributed by atoms with E-state index in [0.717, 1.165) is 11.3 Å². The summed E-state index contributed by atoms with van der Waals surface area (Å²) in [7, 11) is 0. The van der Waals surface area contributed by atoms with Gasteiger partial charge in [0.25, 0.3) is 0 Å². The van der Waals surface area contributed by atoms with Crippen LogP contribution in [0, 0.1) is 0 Å². The second kappa shape index (κ2) is 5.90. The lowest BCUT2D eigenvalue weighted by Gasteiger charge is -2.18. The Morgan fingerprint density at radius 1 is 1.58 bits per heavy atom. The van der Waals surface area contributed by atoms with E-state index in [1.165, 1.54) is 0 Å². The van der Waals surface area contributed by atoms with Gasteiger partial charge in [-0.3, -0.25) is 5.43 Å². The fourth-order valence-electron chi connectivity index (χ4n) is 1.69. The van der Waals surface area contributed by atoms with E-state index in [0.29, 0.717) is 23.6 Å². The van der Waals surface area contributed by atoms with Gasteiger partial charge in [-0.15, -0.1) is 0 Å². The van der Waals surface area contributed by atoms with Crippen LogP contribution in [0.4, 0.5) is 0 Å². The fraction of sp³-hybridized carbons (Fsp3) is 0.333. The number of nitrogens with one attached hydrogen (secondary N) is 1. The number of benzene rings is 1. The SMILES string of the molecule is O=C(O)COc1ccc(C2=NNC(O)CC2)cc1Cl. The molecule has 0 amide bonds. The maximum Gasteiger partial charge on any atom is 0.341 e. The predicted octanol–water partition coefficient (Wildman–Crippen LogP) is 1.21. The smallest absolute Gasteiger partial charge is 0.341 e. The van der Waals surface area contributed by atoms with Gasteiger partial charge in [0.05, 0.1) is 10.7 Å². The quantitative estimate of drug-likeness (QED) is 0.773. The monoisotopic (exact) mass is 284 g/mol. The van der Waals surface area contributed by atoms with Gasteiger partial charge >= 0.3 is 5.97 Å². The molecule has 1 unspecified atom stereocenters. The van der Waals surface area contributed by atoms with Crippen LogP contribution in [0.2, 0.25) is 5.02 Å². The van der Waals surface area contributed by atoms with E-state index in [1.807, 2.05) is 0 Å². The molecule has 0 saturated carbocycles. The average Bonchev–Trinajstić information content (AvgIpc) is 2.38. The molecule has 0 spiro atoms. The molecule has 1 aromatic carbocycles. The van der Waals surface area contributed by atoms with Crippen LogP contribution >= 0.6 is 11.6 Å². The summed E-state index contributed by atoms with van der Waals surface area (Å²) in [5.41, 5.74) is 4.20. The number of carbonyl (C=O) groups is 1. The number of aliphatic hydroxyl groups is 1. The Morgan fingerprint density at radius 2 is 2.37 bits per heavy atom. The molecular weight excluding hydrogens is 272 g/mol. The number of rotatable bonds is 4. The van der Waals surface area contributed by atoms with Crippen molar-refractivity contribution in [3.63, 3.8) is 0 Å². The van der Waals surface area contributed by atoms with Crippen molar-refractivity contribution in [2.24, 2.45) is 5.10 Å². The Labute approximate surface area is 114 Å². The molecule has 0 saturated heterocycles. The molecule has 1 heterocycles. The zero-order valence-electron chi connectivity index (χ0n) is 9.97. The average molecular weight is 285 g/mol. The molecule has 1 aliphatic rings. The van der Waals surface area contributed by atoms with Gasteiger partial charge in [0, 0.05) is 0 Å². The highest BCUT2D eigenvalue weighted by atomic mass is 35.5. The van der Waals surface area contributed by atoms with Crippen molar-refractivity contribution in [2.75, 3.05) is 6.61 Å². The van der Waals surface area contributed by atoms with Crippen molar-refractivity contribution < 1.29 is 19.7 Å². The van der Waals surface area contributed by atoms with E-state index < -0.39 is 18.8 Å². The third-order valence-electron chi connectivity index (χ3n) is 2.62. The zero-order chi connectivity index (χ0) is 13.8. The van der Waals surface area contributed by atoms with Crippen LogP contribution in [0.25, 0.3) is 0 Å². The molecule has 102 valence electrons. The highest BCUT2D eigenvalue weighted by Gasteiger charge is 2.15. The van der Waals surface area contributed by atoms with E-state index in [9.17, 15) is 9.90 Å². The van der Waals surface area contributed by atoms with Gasteiger partial charge in [-0.05, 0) is 36.6 Å². The lowest BCUT2D eigenvalue weighted by Crippen LogP contribution is -2.30. The topological polar surface area (TPSA) is 91.2 Å². The van der Waals surface area contributed by atoms with Gasteiger partial charge in [0.2, 0.25) is 0 Å². The van der Waals surface area contributed by atoms with E-state index in [2.05, 4.69) is 10.5 Å². The number of carboxylic acids is 1. The van der Waals surface area contributed by atoms with Crippen molar-refractivity contribution in [1.29, 1.82) is 0 Å². The maximum absolute atomic E-state index is 10.4. The van der Waals surface area contributed by atoms with E-state index in [4.69, 9.17) is 21.4 Å². The summed E-state index contributed by atoms with van der Waals surface area (Å²) in [5, 5.41) is 22.2. The molecule has 0 fully saturated rings. The number of hydrogen-bond acceptors (Lipinski definition) is 5. The summed E-state index contributed by atoms with van der Waals surface area (Å²) < 4.78 is 5.03. The van der Waals surface area contributed by atoms with Crippen LogP contribution in [0.3, 0.4) is 0 Å². The molecule has 1 aromatic rings. The van der Waals surface area contributed by atoms with Crippen LogP contribution in [0.15, 0.2) is 23.3 Å². The van der Waals surface area contributed by atoms with E-state index in [-0.39, 0.29) is 0 Å². The lowest BCUT2D eigenvalue weighted by molar-refractivity contribution is -0.139. The number of hydrogen-bond donors (Lipinski definition) is 3. The third-order valence-corrected chi connectivity index (χ3v) is 2.91. The van der Waals surface area contributed by atoms with Crippen LogP contribution in [-0.2, 0) is 4.79 Å². The Kier molecular flexibility index (Phi) is 4.24. The third kappa shape index (κ3) is 3.59. The maximum atomic E-state index is 10.4. The molecule has 1 atom stereocenters. The first kappa shape index (κ1) is 13.6. The van der Waals surface area contributed by atoms with E-state index >= 15 is 0 Å². The van der Waals surface area contributed by atoms with Crippen molar-refractivity contribution in [3.8, 4) is 5.75 Å². The summed E-state index contributed by atoms with van der Waals surface area (Å²) in [6.07, 6.45) is 0.602. The first-order valence-corrected chi connectivity index (χ1v) is 6.08. The first-order valence-electron chi connectivity index (χ1n) is 5.71. The van der Waals surface area contributed by atoms with Crippen molar-refractivity contribution in [2.45, 2.75) is 19.1 Å². The molecule has 0 aromatic heterocycles. The van der Waals surface area contributed by atoms with Crippen molar-refractivity contribution >= 4 is 23.3 Å². The van der Waals surface area contributed by atoms with Gasteiger partial charge in [-0.2, -0.15) is 5.10 Å². The van der Waals surface area contributed by atoms with Crippen molar-refractivity contribution in [1.82, 2.24) is 5.43 Å². The molecule has 2 rings (SSSR count). The molecule has 6 nitrogen and oxygen atoms in total. The Morgan fingerprint density at radius 3 is 2.95 bits per heavy atom. The van der Waals surface area contributed by atoms with Crippen LogP contribution in [-0.4, -0.2) is 34.7 Å². The highest BCUT2D eigenvalue weighted by molar-refractivity contribution is 6.32. The number of hydrazone groups is 1. The largest absolute Gasteiger partial charge is 0.480 e. The summed E-state index contributed by atoms with van der Waals surface area (Å²) in [6, 6.07) is 5.02. The van der Waals surface area contributed by atoms with Gasteiger partial charge in [0.15, 0.2) is 6.61 Å². The van der Waals surface area contributed by atoms with Crippen molar-refractivity contribution in [3.05, 3.63) is 28.8 Å². The minimum atomic E-state index is -1.06. The van der Waals surface area contributed by atoms with Crippen LogP contribution < -0.4 is 10.2 Å². The molecular formula is C12H13ClN2O4. The minimum absolute atomic E-state index is 0.317. The number of halogens is 1. The predicted molar refractivity (Wildman–Crippen MR) is 69.5 cm³/mol. The Bertz CT molecular complexity index is 518. The second-order valence-electron chi connectivity index (χ2n) is 4.07. The Balaban J connectivity index is 2.12. The summed E-state index contributed by atoms with van der Waals surface area (Å²) in [5.74, 6) is -0.743. The van der Waals surface area contributed by atoms with Gasteiger partial charge in [-0.25, -0.2) is 4.79 Å². The number of carboxylic acid groups (broad SMARTS) is 1. The minimum Gasteiger partial charge on any atom is -0.480 e. The second-order valence-corrected chi connectivity index (χ2v) is 4.48. The lowest BCUT2D eigenvalue weighted by atomic mass is 10.0. The number of aliphatic hydroxyl groups excluding tert-OH is 1. The molecule has 0 bridgehead atoms. The van der Waals surface area contributed by atoms with E-state index in [1.54, 1.807) is 18.2 Å². The van der Waals surface area contributed by atoms with Gasteiger partial charge < -0.3 is 14.9 Å². The van der Waals surface area contributed by atoms with Crippen LogP contribution in [0.5, 0.6) is 5.75 Å². The molecule has 1 aliphatic heterocycles. The molecule has 0 aliphatic carbocycles. The number of ether oxygens (including phenoxy) is 1. The van der Waals surface area contributed by atoms with Gasteiger partial charge in [-0.1, -0.05) is 11.6 Å². The summed E-state index contributed by atoms with van der Waals surface area (Å²) in [4.78, 5) is 10.4. The number of aliphatic carboxylic acids is 1. The Hall–Kier alpha value is -1.79. The summed E-state index contributed by atoms with van der Waals surface area (Å²) >= 11 is 6.02. The van der Waals surface area contributed by atoms with Gasteiger partial charge in [0.1, 0.15) is 12.0 Å². The zero-order valence-corrected chi connectivity index (χ0v) is 10.7. The fourth-order valence-corrected chi connectivity index (χ4v) is 1.93. The highest BCUT2D eigenvalue weighted by Crippen LogP contribution is 2.26.